The summed E-state index contributed by atoms with van der Waals surface area (Å²) in [6, 6.07) is 6.54. The summed E-state index contributed by atoms with van der Waals surface area (Å²) in [5.41, 5.74) is -0.374. The third-order valence-corrected chi connectivity index (χ3v) is 7.78. The molecule has 0 aromatic heterocycles. The number of benzene rings is 3. The lowest BCUT2D eigenvalue weighted by atomic mass is 9.76. The lowest BCUT2D eigenvalue weighted by Crippen LogP contribution is -2.24. The molecule has 0 bridgehead atoms. The van der Waals surface area contributed by atoms with Gasteiger partial charge in [-0.05, 0) is 74.3 Å². The SMILES string of the molecule is CCCC1CCC(c2cc3c(c(F)c2F)Oc2c(ccc(C(F)(F)Oc4ccc(OCC)c(F)c4)c2F)C3)CC1. The van der Waals surface area contributed by atoms with Gasteiger partial charge in [-0.25, -0.2) is 13.2 Å². The molecule has 214 valence electrons. The molecule has 0 amide bonds. The van der Waals surface area contributed by atoms with Crippen molar-refractivity contribution in [1.82, 2.24) is 0 Å². The predicted molar refractivity (Wildman–Crippen MR) is 137 cm³/mol. The second-order valence-electron chi connectivity index (χ2n) is 10.4. The van der Waals surface area contributed by atoms with Gasteiger partial charge >= 0.3 is 6.11 Å². The van der Waals surface area contributed by atoms with Crippen LogP contribution in [-0.4, -0.2) is 6.61 Å². The van der Waals surface area contributed by atoms with E-state index in [9.17, 15) is 4.39 Å². The van der Waals surface area contributed by atoms with Crippen molar-refractivity contribution in [3.63, 3.8) is 0 Å². The van der Waals surface area contributed by atoms with Gasteiger partial charge in [-0.15, -0.1) is 0 Å². The summed E-state index contributed by atoms with van der Waals surface area (Å²) in [5.74, 6) is -6.09. The van der Waals surface area contributed by atoms with Crippen LogP contribution in [0.4, 0.5) is 26.3 Å². The zero-order chi connectivity index (χ0) is 28.6. The van der Waals surface area contributed by atoms with Crippen LogP contribution >= 0.6 is 0 Å². The monoisotopic (exact) mass is 564 g/mol. The summed E-state index contributed by atoms with van der Waals surface area (Å²) in [6.45, 7) is 3.93. The summed E-state index contributed by atoms with van der Waals surface area (Å²) >= 11 is 0. The van der Waals surface area contributed by atoms with Crippen molar-refractivity contribution in [1.29, 1.82) is 0 Å². The molecule has 3 aromatic rings. The van der Waals surface area contributed by atoms with Gasteiger partial charge in [0.25, 0.3) is 0 Å². The first-order valence-corrected chi connectivity index (χ1v) is 13.6. The third kappa shape index (κ3) is 5.34. The molecule has 40 heavy (non-hydrogen) atoms. The van der Waals surface area contributed by atoms with Crippen LogP contribution in [0.15, 0.2) is 36.4 Å². The summed E-state index contributed by atoms with van der Waals surface area (Å²) in [4.78, 5) is 0. The maximum absolute atomic E-state index is 15.4. The van der Waals surface area contributed by atoms with Crippen LogP contribution in [0.25, 0.3) is 0 Å². The Balaban J connectivity index is 1.40. The fourth-order valence-corrected chi connectivity index (χ4v) is 5.79. The van der Waals surface area contributed by atoms with E-state index >= 15 is 22.0 Å². The van der Waals surface area contributed by atoms with Crippen molar-refractivity contribution in [2.45, 2.75) is 70.8 Å². The summed E-state index contributed by atoms with van der Waals surface area (Å²) in [6.07, 6.45) is 1.36. The second kappa shape index (κ2) is 11.3. The Bertz CT molecular complexity index is 1400. The van der Waals surface area contributed by atoms with E-state index in [-0.39, 0.29) is 35.8 Å². The average molecular weight is 565 g/mol. The topological polar surface area (TPSA) is 27.7 Å². The largest absolute Gasteiger partial charge is 0.491 e. The molecular weight excluding hydrogens is 534 g/mol. The van der Waals surface area contributed by atoms with E-state index in [0.29, 0.717) is 17.5 Å². The van der Waals surface area contributed by atoms with E-state index in [4.69, 9.17) is 9.47 Å². The molecule has 0 atom stereocenters. The lowest BCUT2D eigenvalue weighted by molar-refractivity contribution is -0.187. The molecule has 0 radical (unpaired) electrons. The van der Waals surface area contributed by atoms with E-state index in [1.54, 1.807) is 13.0 Å². The van der Waals surface area contributed by atoms with Gasteiger partial charge in [0.2, 0.25) is 5.82 Å². The molecule has 1 fully saturated rings. The zero-order valence-electron chi connectivity index (χ0n) is 22.3. The van der Waals surface area contributed by atoms with Crippen LogP contribution in [0.5, 0.6) is 23.0 Å². The maximum Gasteiger partial charge on any atom is 0.429 e. The molecule has 5 rings (SSSR count). The number of ether oxygens (including phenoxy) is 3. The molecule has 2 aliphatic rings. The fraction of sp³-hybridized carbons (Fsp3) is 0.419. The Morgan fingerprint density at radius 1 is 0.850 bits per heavy atom. The Hall–Kier alpha value is -3.36. The molecule has 0 spiro atoms. The molecule has 9 heteroatoms. The Labute approximate surface area is 229 Å². The molecule has 0 N–H and O–H groups in total. The number of hydrogen-bond acceptors (Lipinski definition) is 3. The van der Waals surface area contributed by atoms with Crippen LogP contribution < -0.4 is 14.2 Å². The van der Waals surface area contributed by atoms with E-state index in [0.717, 1.165) is 56.7 Å². The van der Waals surface area contributed by atoms with Gasteiger partial charge in [0, 0.05) is 23.6 Å². The van der Waals surface area contributed by atoms with E-state index < -0.39 is 52.2 Å². The van der Waals surface area contributed by atoms with Crippen LogP contribution in [0.1, 0.15) is 80.5 Å². The highest BCUT2D eigenvalue weighted by Crippen LogP contribution is 2.47. The maximum atomic E-state index is 15.4. The van der Waals surface area contributed by atoms with E-state index in [1.165, 1.54) is 6.07 Å². The highest BCUT2D eigenvalue weighted by Gasteiger charge is 2.41. The highest BCUT2D eigenvalue weighted by molar-refractivity contribution is 5.54. The highest BCUT2D eigenvalue weighted by atomic mass is 19.3. The molecule has 0 saturated heterocycles. The molecule has 1 aliphatic heterocycles. The Kier molecular flexibility index (Phi) is 7.93. The molecule has 1 heterocycles. The minimum atomic E-state index is -4.23. The second-order valence-corrected chi connectivity index (χ2v) is 10.4. The van der Waals surface area contributed by atoms with Crippen molar-refractivity contribution in [2.75, 3.05) is 6.61 Å². The summed E-state index contributed by atoms with van der Waals surface area (Å²) in [7, 11) is 0. The molecule has 0 unspecified atom stereocenters. The van der Waals surface area contributed by atoms with Crippen LogP contribution in [0, 0.1) is 29.2 Å². The van der Waals surface area contributed by atoms with Gasteiger partial charge in [-0.2, -0.15) is 13.2 Å². The fourth-order valence-electron chi connectivity index (χ4n) is 5.79. The van der Waals surface area contributed by atoms with Gasteiger partial charge < -0.3 is 14.2 Å². The van der Waals surface area contributed by atoms with Crippen molar-refractivity contribution in [3.8, 4) is 23.0 Å². The van der Waals surface area contributed by atoms with Crippen LogP contribution in [0.2, 0.25) is 0 Å². The molecule has 3 nitrogen and oxygen atoms in total. The lowest BCUT2D eigenvalue weighted by Gasteiger charge is -2.30. The van der Waals surface area contributed by atoms with Gasteiger partial charge in [-0.3, -0.25) is 0 Å². The van der Waals surface area contributed by atoms with Crippen molar-refractivity contribution in [3.05, 3.63) is 81.9 Å². The van der Waals surface area contributed by atoms with Crippen LogP contribution in [0.3, 0.4) is 0 Å². The van der Waals surface area contributed by atoms with Gasteiger partial charge in [0.1, 0.15) is 11.3 Å². The van der Waals surface area contributed by atoms with Gasteiger partial charge in [0.15, 0.2) is 34.7 Å². The first-order chi connectivity index (χ1) is 19.1. The average Bonchev–Trinajstić information content (AvgIpc) is 2.92. The number of fused-ring (bicyclic) bond motifs is 2. The first-order valence-electron chi connectivity index (χ1n) is 13.6. The molecule has 3 aromatic carbocycles. The number of rotatable bonds is 8. The minimum absolute atomic E-state index is 0.0201. The van der Waals surface area contributed by atoms with Gasteiger partial charge in [-0.1, -0.05) is 25.8 Å². The third-order valence-electron chi connectivity index (χ3n) is 7.78. The van der Waals surface area contributed by atoms with Crippen LogP contribution in [-0.2, 0) is 12.5 Å². The predicted octanol–water partition coefficient (Wildman–Crippen LogP) is 9.54. The molecular formula is C31H30F6O3. The quantitative estimate of drug-likeness (QED) is 0.200. The van der Waals surface area contributed by atoms with E-state index in [1.807, 2.05) is 0 Å². The number of alkyl halides is 2. The normalized spacial score (nSPS) is 18.5. The summed E-state index contributed by atoms with van der Waals surface area (Å²) in [5, 5.41) is 0. The van der Waals surface area contributed by atoms with Crippen molar-refractivity contribution in [2.24, 2.45) is 5.92 Å². The Morgan fingerprint density at radius 2 is 1.57 bits per heavy atom. The standard InChI is InChI=1S/C31H30F6O3/c1-3-5-17-6-8-18(9-7-17)22-15-20-14-19-10-12-23(27(34)29(19)39-30(20)28(35)26(22)33)31(36,37)40-21-11-13-25(38-4-2)24(32)16-21/h10-13,15-18H,3-9,14H2,1-2H3. The molecule has 1 aliphatic carbocycles. The van der Waals surface area contributed by atoms with Crippen molar-refractivity contribution < 1.29 is 40.6 Å². The van der Waals surface area contributed by atoms with E-state index in [2.05, 4.69) is 11.7 Å². The van der Waals surface area contributed by atoms with Crippen molar-refractivity contribution >= 4 is 0 Å². The first kappa shape index (κ1) is 28.2. The molecule has 1 saturated carbocycles. The number of hydrogen-bond donors (Lipinski definition) is 0. The number of halogens is 6. The summed E-state index contributed by atoms with van der Waals surface area (Å²) < 4.78 is 105. The minimum Gasteiger partial charge on any atom is -0.491 e. The Morgan fingerprint density at radius 3 is 2.25 bits per heavy atom. The smallest absolute Gasteiger partial charge is 0.429 e. The van der Waals surface area contributed by atoms with Gasteiger partial charge in [0.05, 0.1) is 6.61 Å². The zero-order valence-corrected chi connectivity index (χ0v) is 22.3.